The fraction of sp³-hybridized carbons (Fsp3) is 0.200. The Kier molecular flexibility index (Phi) is 15.9. The molecule has 4 aromatic carbocycles. The largest absolute Gasteiger partial charge is 0.395 e. The van der Waals surface area contributed by atoms with Crippen LogP contribution in [-0.2, 0) is 21.2 Å². The first-order valence-corrected chi connectivity index (χ1v) is 21.7. The van der Waals surface area contributed by atoms with Gasteiger partial charge in [0.2, 0.25) is 35.7 Å². The average molecular weight is 901 g/mol. The summed E-state index contributed by atoms with van der Waals surface area (Å²) in [5, 5.41) is 50.6. The Balaban J connectivity index is 1.28. The molecule has 0 bridgehead atoms. The zero-order valence-electron chi connectivity index (χ0n) is 33.4. The third-order valence-electron chi connectivity index (χ3n) is 8.80. The van der Waals surface area contributed by atoms with Crippen molar-refractivity contribution in [2.45, 2.75) is 9.79 Å². The number of anilines is 10. The van der Waals surface area contributed by atoms with Crippen LogP contribution in [0.2, 0.25) is 0 Å². The molecule has 0 aliphatic heterocycles. The molecule has 10 N–H and O–H groups in total. The molecule has 0 fully saturated rings. The van der Waals surface area contributed by atoms with Gasteiger partial charge in [0.05, 0.1) is 31.3 Å². The van der Waals surface area contributed by atoms with Crippen molar-refractivity contribution in [1.29, 1.82) is 0 Å². The molecule has 63 heavy (non-hydrogen) atoms. The fourth-order valence-electron chi connectivity index (χ4n) is 5.96. The molecule has 2 heterocycles. The van der Waals surface area contributed by atoms with Gasteiger partial charge >= 0.3 is 0 Å². The van der Waals surface area contributed by atoms with E-state index in [1.165, 1.54) is 41.3 Å². The van der Waals surface area contributed by atoms with Gasteiger partial charge in [0.25, 0.3) is 10.1 Å². The first-order chi connectivity index (χ1) is 30.5. The lowest BCUT2D eigenvalue weighted by molar-refractivity contribution is 0.279. The highest BCUT2D eigenvalue weighted by Gasteiger charge is 2.19. The average Bonchev–Trinajstić information content (AvgIpc) is 3.26. The molecule has 21 nitrogen and oxygen atoms in total. The number of nitrogens with zero attached hydrogens (tertiary/aromatic N) is 8. The van der Waals surface area contributed by atoms with E-state index in [9.17, 15) is 42.2 Å². The van der Waals surface area contributed by atoms with Crippen LogP contribution in [0.5, 0.6) is 0 Å². The number of aliphatic hydroxyl groups is 4. The first kappa shape index (κ1) is 45.8. The monoisotopic (exact) mass is 900 g/mol. The van der Waals surface area contributed by atoms with Crippen molar-refractivity contribution < 1.29 is 42.2 Å². The molecule has 0 saturated heterocycles. The smallest absolute Gasteiger partial charge is 0.295 e. The summed E-state index contributed by atoms with van der Waals surface area (Å²) >= 11 is -2.54. The molecule has 6 rings (SSSR count). The van der Waals surface area contributed by atoms with Crippen molar-refractivity contribution in [2.75, 3.05) is 83.7 Å². The second-order valence-electron chi connectivity index (χ2n) is 13.2. The zero-order chi connectivity index (χ0) is 44.8. The molecule has 0 radical (unpaired) electrons. The van der Waals surface area contributed by atoms with E-state index >= 15 is 0 Å². The lowest BCUT2D eigenvalue weighted by Gasteiger charge is -2.21. The van der Waals surface area contributed by atoms with Gasteiger partial charge in [0.1, 0.15) is 4.90 Å². The Morgan fingerprint density at radius 2 is 0.905 bits per heavy atom. The van der Waals surface area contributed by atoms with E-state index in [4.69, 9.17) is 0 Å². The molecule has 1 atom stereocenters. The molecule has 1 unspecified atom stereocenters. The topological polar surface area (TPSA) is 305 Å². The number of benzene rings is 4. The second-order valence-corrected chi connectivity index (χ2v) is 15.6. The van der Waals surface area contributed by atoms with Crippen LogP contribution in [0.3, 0.4) is 0 Å². The minimum Gasteiger partial charge on any atom is -0.395 e. The summed E-state index contributed by atoms with van der Waals surface area (Å²) in [5.74, 6) is 0.494. The summed E-state index contributed by atoms with van der Waals surface area (Å²) in [6.07, 6.45) is 2.76. The molecule has 0 aliphatic carbocycles. The lowest BCUT2D eigenvalue weighted by atomic mass is 10.1. The number of rotatable bonds is 22. The van der Waals surface area contributed by atoms with Crippen molar-refractivity contribution >= 4 is 91.8 Å². The number of aliphatic hydroxyl groups excluding tert-OH is 4. The molecule has 2 aromatic heterocycles. The van der Waals surface area contributed by atoms with Gasteiger partial charge in [0, 0.05) is 48.9 Å². The lowest BCUT2D eigenvalue weighted by Crippen LogP contribution is -2.31. The quantitative estimate of drug-likeness (QED) is 0.0264. The second kappa shape index (κ2) is 21.9. The molecule has 0 spiro atoms. The minimum absolute atomic E-state index is 0.0302. The van der Waals surface area contributed by atoms with E-state index in [0.29, 0.717) is 17.1 Å². The predicted octanol–water partition coefficient (Wildman–Crippen LogP) is 3.61. The van der Waals surface area contributed by atoms with Crippen molar-refractivity contribution in [1.82, 2.24) is 29.9 Å². The molecule has 330 valence electrons. The Bertz CT molecular complexity index is 2620. The van der Waals surface area contributed by atoms with Gasteiger partial charge in [-0.25, -0.2) is 4.21 Å². The molecule has 0 aliphatic rings. The molecule has 6 aromatic rings. The molecule has 23 heteroatoms. The molecule has 0 saturated carbocycles. The van der Waals surface area contributed by atoms with E-state index < -0.39 is 26.1 Å². The summed E-state index contributed by atoms with van der Waals surface area (Å²) in [6, 6.07) is 26.7. The van der Waals surface area contributed by atoms with Crippen molar-refractivity contribution in [3.63, 3.8) is 0 Å². The third kappa shape index (κ3) is 12.9. The standard InChI is InChI=1S/C40H44N12O9S2/c53-21-17-51(18-22-54)39-47-35(41-29-7-3-1-4-8-29)45-37(49-39)43-31-15-13-27(33(25-31)62(57)58)11-12-28-14-16-32(26-34(28)63(59,60)61)44-38-46-36(42-30-9-5-2-6-10-30)48-40(50-38)52(19-23-55)20-24-56/h1-16,25-26,53-56H,17-24H2,(H,57,58)(H,59,60,61)(H2,41,43,45,47,49)(H2,42,44,46,48,50)/b12-11+. The summed E-state index contributed by atoms with van der Waals surface area (Å²) < 4.78 is 58.7. The number of nitrogens with one attached hydrogen (secondary N) is 4. The van der Waals surface area contributed by atoms with Gasteiger partial charge in [-0.1, -0.05) is 60.7 Å². The SMILES string of the molecule is O=S(O)c1cc(Nc2nc(Nc3ccccc3)nc(N(CCO)CCO)n2)ccc1/C=C/c1ccc(Nc2nc(Nc3ccccc3)nc(N(CCO)CCO)n2)cc1S(=O)(=O)O. The molecular weight excluding hydrogens is 857 g/mol. The molecular formula is C40H44N12O9S2. The van der Waals surface area contributed by atoms with Crippen LogP contribution in [0.15, 0.2) is 107 Å². The minimum atomic E-state index is -4.84. The van der Waals surface area contributed by atoms with E-state index in [1.807, 2.05) is 36.4 Å². The Labute approximate surface area is 364 Å². The van der Waals surface area contributed by atoms with Crippen molar-refractivity contribution in [2.24, 2.45) is 0 Å². The maximum atomic E-state index is 12.7. The molecule has 0 amide bonds. The maximum absolute atomic E-state index is 12.7. The Morgan fingerprint density at radius 1 is 0.524 bits per heavy atom. The fourth-order valence-corrected chi connectivity index (χ4v) is 7.23. The van der Waals surface area contributed by atoms with Crippen LogP contribution < -0.4 is 31.1 Å². The van der Waals surface area contributed by atoms with Crippen LogP contribution in [-0.4, -0.2) is 125 Å². The van der Waals surface area contributed by atoms with Gasteiger partial charge in [-0.2, -0.15) is 38.3 Å². The highest BCUT2D eigenvalue weighted by Crippen LogP contribution is 2.29. The van der Waals surface area contributed by atoms with Gasteiger partial charge in [0.15, 0.2) is 11.1 Å². The maximum Gasteiger partial charge on any atom is 0.295 e. The van der Waals surface area contributed by atoms with Gasteiger partial charge in [-0.05, 0) is 59.7 Å². The normalized spacial score (nSPS) is 11.9. The number of hydrogen-bond donors (Lipinski definition) is 10. The summed E-state index contributed by atoms with van der Waals surface area (Å²) in [5.41, 5.74) is 2.06. The summed E-state index contributed by atoms with van der Waals surface area (Å²) in [4.78, 5) is 29.1. The highest BCUT2D eigenvalue weighted by molar-refractivity contribution is 7.86. The van der Waals surface area contributed by atoms with Crippen LogP contribution in [0.1, 0.15) is 11.1 Å². The number of para-hydroxylation sites is 2. The summed E-state index contributed by atoms with van der Waals surface area (Å²) in [7, 11) is -4.84. The Morgan fingerprint density at radius 3 is 1.30 bits per heavy atom. The van der Waals surface area contributed by atoms with Crippen LogP contribution in [0.4, 0.5) is 58.4 Å². The van der Waals surface area contributed by atoms with E-state index in [-0.39, 0.29) is 110 Å². The predicted molar refractivity (Wildman–Crippen MR) is 239 cm³/mol. The van der Waals surface area contributed by atoms with Gasteiger partial charge in [-0.15, -0.1) is 0 Å². The zero-order valence-corrected chi connectivity index (χ0v) is 35.0. The number of hydrogen-bond acceptors (Lipinski definition) is 19. The van der Waals surface area contributed by atoms with E-state index in [2.05, 4.69) is 51.2 Å². The van der Waals surface area contributed by atoms with Crippen LogP contribution in [0.25, 0.3) is 12.2 Å². The first-order valence-electron chi connectivity index (χ1n) is 19.1. The van der Waals surface area contributed by atoms with Crippen molar-refractivity contribution in [3.05, 3.63) is 108 Å². The van der Waals surface area contributed by atoms with Crippen LogP contribution in [0, 0.1) is 0 Å². The highest BCUT2D eigenvalue weighted by atomic mass is 32.2. The van der Waals surface area contributed by atoms with E-state index in [0.717, 1.165) is 6.07 Å². The Hall–Kier alpha value is -6.70. The summed E-state index contributed by atoms with van der Waals surface area (Å²) in [6.45, 7) is -0.564. The third-order valence-corrected chi connectivity index (χ3v) is 10.4. The van der Waals surface area contributed by atoms with Gasteiger partial charge in [-0.3, -0.25) is 4.55 Å². The number of aromatic nitrogens is 6. The van der Waals surface area contributed by atoms with Crippen LogP contribution >= 0.6 is 0 Å². The van der Waals surface area contributed by atoms with Gasteiger partial charge < -0.3 is 56.0 Å². The van der Waals surface area contributed by atoms with E-state index in [1.54, 1.807) is 35.2 Å². The van der Waals surface area contributed by atoms with Crippen molar-refractivity contribution in [3.8, 4) is 0 Å².